The van der Waals surface area contributed by atoms with Crippen LogP contribution in [-0.4, -0.2) is 16.5 Å². The highest BCUT2D eigenvalue weighted by atomic mass is 127. The van der Waals surface area contributed by atoms with Crippen LogP contribution in [0, 0.1) is 3.57 Å². The lowest BCUT2D eigenvalue weighted by Crippen LogP contribution is -2.09. The van der Waals surface area contributed by atoms with Crippen LogP contribution >= 0.6 is 34.2 Å². The van der Waals surface area contributed by atoms with Crippen molar-refractivity contribution < 1.29 is 0 Å². The summed E-state index contributed by atoms with van der Waals surface area (Å²) in [5.41, 5.74) is 1.91. The van der Waals surface area contributed by atoms with Gasteiger partial charge in [-0.2, -0.15) is 0 Å². The minimum absolute atomic E-state index is 0.297. The third kappa shape index (κ3) is 3.97. The summed E-state index contributed by atoms with van der Waals surface area (Å²) in [6.07, 6.45) is 1.56. The van der Waals surface area contributed by atoms with Crippen molar-refractivity contribution in [1.29, 1.82) is 0 Å². The molecule has 112 valence electrons. The smallest absolute Gasteiger partial charge is 0.139 e. The van der Waals surface area contributed by atoms with Gasteiger partial charge in [-0.3, -0.25) is 0 Å². The van der Waals surface area contributed by atoms with E-state index in [0.29, 0.717) is 10.9 Å². The van der Waals surface area contributed by atoms with E-state index in [1.807, 2.05) is 18.2 Å². The number of hydrogen-bond donors (Lipinski definition) is 2. The van der Waals surface area contributed by atoms with Crippen LogP contribution in [0.3, 0.4) is 0 Å². The van der Waals surface area contributed by atoms with Gasteiger partial charge in [-0.15, -0.1) is 0 Å². The van der Waals surface area contributed by atoms with E-state index < -0.39 is 0 Å². The summed E-state index contributed by atoms with van der Waals surface area (Å²) in [6, 6.07) is 5.89. The predicted octanol–water partition coefficient (Wildman–Crippen LogP) is 5.03. The number of anilines is 3. The molecule has 21 heavy (non-hydrogen) atoms. The van der Waals surface area contributed by atoms with Crippen LogP contribution in [0.1, 0.15) is 32.3 Å². The van der Waals surface area contributed by atoms with Crippen LogP contribution in [0.25, 0.3) is 0 Å². The molecule has 0 aliphatic carbocycles. The van der Waals surface area contributed by atoms with Crippen LogP contribution in [0.4, 0.5) is 17.3 Å². The number of aromatic nitrogens is 2. The molecule has 0 saturated carbocycles. The minimum atomic E-state index is 0.297. The first kappa shape index (κ1) is 16.3. The minimum Gasteiger partial charge on any atom is -0.370 e. The second-order valence-corrected chi connectivity index (χ2v) is 6.57. The number of benzene rings is 1. The lowest BCUT2D eigenvalue weighted by Gasteiger charge is -2.18. The first-order valence-corrected chi connectivity index (χ1v) is 8.29. The molecule has 1 aromatic heterocycles. The van der Waals surface area contributed by atoms with Gasteiger partial charge < -0.3 is 10.6 Å². The molecule has 0 saturated heterocycles. The molecule has 0 radical (unpaired) electrons. The molecule has 2 rings (SSSR count). The number of nitrogens with zero attached hydrogens (tertiary/aromatic N) is 2. The molecule has 1 heterocycles. The van der Waals surface area contributed by atoms with E-state index in [9.17, 15) is 0 Å². The maximum atomic E-state index is 6.29. The van der Waals surface area contributed by atoms with E-state index in [0.717, 1.165) is 33.0 Å². The zero-order valence-corrected chi connectivity index (χ0v) is 15.2. The van der Waals surface area contributed by atoms with Gasteiger partial charge in [0.2, 0.25) is 0 Å². The molecular formula is C15H18ClIN4. The topological polar surface area (TPSA) is 49.8 Å². The van der Waals surface area contributed by atoms with Crippen LogP contribution in [0.15, 0.2) is 24.5 Å². The van der Waals surface area contributed by atoms with Crippen molar-refractivity contribution in [3.63, 3.8) is 0 Å². The van der Waals surface area contributed by atoms with E-state index >= 15 is 0 Å². The fourth-order valence-corrected chi connectivity index (χ4v) is 2.97. The Kier molecular flexibility index (Phi) is 5.64. The Bertz CT molecular complexity index is 631. The van der Waals surface area contributed by atoms with Crippen molar-refractivity contribution in [2.75, 3.05) is 17.2 Å². The average Bonchev–Trinajstić information content (AvgIpc) is 2.42. The summed E-state index contributed by atoms with van der Waals surface area (Å²) < 4.78 is 1.10. The SMILES string of the molecule is CCNc1ncnc(Nc2ccc(I)cc2Cl)c1C(C)C. The van der Waals surface area contributed by atoms with Crippen molar-refractivity contribution in [2.45, 2.75) is 26.7 Å². The fourth-order valence-electron chi connectivity index (χ4n) is 2.07. The van der Waals surface area contributed by atoms with Crippen LogP contribution in [0.5, 0.6) is 0 Å². The standard InChI is InChI=1S/C15H18ClIN4/c1-4-18-14-13(9(2)3)15(20-8-19-14)21-12-6-5-10(17)7-11(12)16/h5-9H,4H2,1-3H3,(H2,18,19,20,21). The Morgan fingerprint density at radius 1 is 1.24 bits per heavy atom. The van der Waals surface area contributed by atoms with Gasteiger partial charge in [0, 0.05) is 15.7 Å². The van der Waals surface area contributed by atoms with E-state index in [-0.39, 0.29) is 0 Å². The molecule has 0 unspecified atom stereocenters. The molecule has 0 bridgehead atoms. The normalized spacial score (nSPS) is 10.8. The van der Waals surface area contributed by atoms with Crippen molar-refractivity contribution in [1.82, 2.24) is 9.97 Å². The van der Waals surface area contributed by atoms with E-state index in [2.05, 4.69) is 64.0 Å². The maximum absolute atomic E-state index is 6.29. The molecule has 0 spiro atoms. The summed E-state index contributed by atoms with van der Waals surface area (Å²) in [6.45, 7) is 7.12. The van der Waals surface area contributed by atoms with Crippen molar-refractivity contribution in [3.05, 3.63) is 38.7 Å². The fraction of sp³-hybridized carbons (Fsp3) is 0.333. The lowest BCUT2D eigenvalue weighted by molar-refractivity contribution is 0.849. The van der Waals surface area contributed by atoms with Gasteiger partial charge in [-0.1, -0.05) is 25.4 Å². The number of halogens is 2. The Labute approximate surface area is 143 Å². The van der Waals surface area contributed by atoms with Crippen LogP contribution in [0.2, 0.25) is 5.02 Å². The Morgan fingerprint density at radius 2 is 1.95 bits per heavy atom. The zero-order chi connectivity index (χ0) is 15.4. The van der Waals surface area contributed by atoms with Gasteiger partial charge in [0.05, 0.1) is 10.7 Å². The molecule has 1 aromatic carbocycles. The molecule has 4 nitrogen and oxygen atoms in total. The molecule has 2 N–H and O–H groups in total. The first-order chi connectivity index (χ1) is 10.0. The lowest BCUT2D eigenvalue weighted by atomic mass is 10.0. The van der Waals surface area contributed by atoms with Crippen LogP contribution in [-0.2, 0) is 0 Å². The third-order valence-electron chi connectivity index (χ3n) is 2.99. The number of hydrogen-bond acceptors (Lipinski definition) is 4. The van der Waals surface area contributed by atoms with Crippen molar-refractivity contribution >= 4 is 51.5 Å². The molecule has 0 aliphatic heterocycles. The van der Waals surface area contributed by atoms with Gasteiger partial charge in [-0.05, 0) is 53.6 Å². The monoisotopic (exact) mass is 416 g/mol. The maximum Gasteiger partial charge on any atom is 0.139 e. The Balaban J connectivity index is 2.41. The second-order valence-electron chi connectivity index (χ2n) is 4.92. The first-order valence-electron chi connectivity index (χ1n) is 6.83. The molecule has 2 aromatic rings. The third-order valence-corrected chi connectivity index (χ3v) is 3.97. The molecule has 0 amide bonds. The summed E-state index contributed by atoms with van der Waals surface area (Å²) in [5.74, 6) is 1.95. The Hall–Kier alpha value is -1.08. The summed E-state index contributed by atoms with van der Waals surface area (Å²) in [5, 5.41) is 7.28. The summed E-state index contributed by atoms with van der Waals surface area (Å²) in [4.78, 5) is 8.71. The predicted molar refractivity (Wildman–Crippen MR) is 97.7 cm³/mol. The summed E-state index contributed by atoms with van der Waals surface area (Å²) >= 11 is 8.52. The van der Waals surface area contributed by atoms with E-state index in [1.54, 1.807) is 6.33 Å². The number of nitrogens with one attached hydrogen (secondary N) is 2. The number of rotatable bonds is 5. The van der Waals surface area contributed by atoms with Gasteiger partial charge in [-0.25, -0.2) is 9.97 Å². The highest BCUT2D eigenvalue weighted by Crippen LogP contribution is 2.32. The van der Waals surface area contributed by atoms with Gasteiger partial charge in [0.1, 0.15) is 18.0 Å². The molecule has 0 fully saturated rings. The second kappa shape index (κ2) is 7.26. The highest BCUT2D eigenvalue weighted by Gasteiger charge is 2.15. The molecule has 0 aliphatic rings. The molecular weight excluding hydrogens is 399 g/mol. The largest absolute Gasteiger partial charge is 0.370 e. The highest BCUT2D eigenvalue weighted by molar-refractivity contribution is 14.1. The van der Waals surface area contributed by atoms with Gasteiger partial charge in [0.25, 0.3) is 0 Å². The zero-order valence-electron chi connectivity index (χ0n) is 12.2. The van der Waals surface area contributed by atoms with Crippen molar-refractivity contribution in [2.24, 2.45) is 0 Å². The Morgan fingerprint density at radius 3 is 2.57 bits per heavy atom. The summed E-state index contributed by atoms with van der Waals surface area (Å²) in [7, 11) is 0. The van der Waals surface area contributed by atoms with Crippen molar-refractivity contribution in [3.8, 4) is 0 Å². The molecule has 0 atom stereocenters. The van der Waals surface area contributed by atoms with E-state index in [4.69, 9.17) is 11.6 Å². The van der Waals surface area contributed by atoms with E-state index in [1.165, 1.54) is 0 Å². The quantitative estimate of drug-likeness (QED) is 0.671. The average molecular weight is 417 g/mol. The van der Waals surface area contributed by atoms with Crippen LogP contribution < -0.4 is 10.6 Å². The van der Waals surface area contributed by atoms with Gasteiger partial charge >= 0.3 is 0 Å². The molecule has 6 heteroatoms. The van der Waals surface area contributed by atoms with Gasteiger partial charge in [0.15, 0.2) is 0 Å².